The molecule has 0 aliphatic heterocycles. The molecule has 0 aliphatic carbocycles. The van der Waals surface area contributed by atoms with Crippen molar-refractivity contribution in [3.8, 4) is 0 Å². The standard InChI is InChI=1S/C10H10FN/c1-7-6-12(2)9-5-3-4-8(11)10(7)9/h3-6H,1-2H3. The molecule has 2 heteroatoms. The molecule has 0 spiro atoms. The Hall–Kier alpha value is -1.31. The number of benzene rings is 1. The summed E-state index contributed by atoms with van der Waals surface area (Å²) >= 11 is 0. The van der Waals surface area contributed by atoms with Crippen molar-refractivity contribution in [3.05, 3.63) is 35.8 Å². The van der Waals surface area contributed by atoms with Crippen LogP contribution in [0.25, 0.3) is 10.9 Å². The Morgan fingerprint density at radius 2 is 2.08 bits per heavy atom. The van der Waals surface area contributed by atoms with Crippen molar-refractivity contribution in [2.24, 2.45) is 7.05 Å². The minimum atomic E-state index is -0.134. The summed E-state index contributed by atoms with van der Waals surface area (Å²) in [5.74, 6) is -0.134. The first-order valence-electron chi connectivity index (χ1n) is 3.90. The molecule has 0 bridgehead atoms. The van der Waals surface area contributed by atoms with E-state index in [1.807, 2.05) is 30.8 Å². The van der Waals surface area contributed by atoms with Gasteiger partial charge < -0.3 is 4.57 Å². The minimum Gasteiger partial charge on any atom is -0.350 e. The summed E-state index contributed by atoms with van der Waals surface area (Å²) < 4.78 is 15.2. The maximum absolute atomic E-state index is 13.2. The molecular formula is C10H10FN. The Kier molecular flexibility index (Phi) is 1.43. The second-order valence-corrected chi connectivity index (χ2v) is 3.06. The van der Waals surface area contributed by atoms with Gasteiger partial charge in [-0.3, -0.25) is 0 Å². The zero-order valence-electron chi connectivity index (χ0n) is 7.13. The maximum Gasteiger partial charge on any atom is 0.132 e. The second-order valence-electron chi connectivity index (χ2n) is 3.06. The number of aromatic nitrogens is 1. The van der Waals surface area contributed by atoms with E-state index in [9.17, 15) is 4.39 Å². The van der Waals surface area contributed by atoms with E-state index < -0.39 is 0 Å². The molecule has 2 aromatic rings. The van der Waals surface area contributed by atoms with Gasteiger partial charge in [-0.1, -0.05) is 6.07 Å². The fourth-order valence-corrected chi connectivity index (χ4v) is 1.62. The van der Waals surface area contributed by atoms with Crippen LogP contribution in [0.4, 0.5) is 4.39 Å². The van der Waals surface area contributed by atoms with Gasteiger partial charge in [-0.05, 0) is 24.6 Å². The average molecular weight is 163 g/mol. The number of hydrogen-bond donors (Lipinski definition) is 0. The summed E-state index contributed by atoms with van der Waals surface area (Å²) in [4.78, 5) is 0. The molecule has 62 valence electrons. The van der Waals surface area contributed by atoms with Crippen LogP contribution in [-0.2, 0) is 7.05 Å². The SMILES string of the molecule is Cc1cn(C)c2cccc(F)c12. The van der Waals surface area contributed by atoms with E-state index >= 15 is 0 Å². The molecule has 0 fully saturated rings. The summed E-state index contributed by atoms with van der Waals surface area (Å²) in [6.07, 6.45) is 1.94. The number of fused-ring (bicyclic) bond motifs is 1. The van der Waals surface area contributed by atoms with Crippen molar-refractivity contribution >= 4 is 10.9 Å². The molecule has 1 nitrogen and oxygen atoms in total. The molecule has 0 N–H and O–H groups in total. The largest absolute Gasteiger partial charge is 0.350 e. The van der Waals surface area contributed by atoms with Gasteiger partial charge in [0.15, 0.2) is 0 Å². The number of aryl methyl sites for hydroxylation is 2. The quantitative estimate of drug-likeness (QED) is 0.562. The van der Waals surface area contributed by atoms with Gasteiger partial charge in [0.25, 0.3) is 0 Å². The lowest BCUT2D eigenvalue weighted by atomic mass is 10.2. The van der Waals surface area contributed by atoms with Crippen LogP contribution in [0, 0.1) is 12.7 Å². The van der Waals surface area contributed by atoms with Crippen molar-refractivity contribution in [2.75, 3.05) is 0 Å². The molecule has 1 aromatic carbocycles. The first kappa shape index (κ1) is 7.35. The zero-order valence-corrected chi connectivity index (χ0v) is 7.13. The van der Waals surface area contributed by atoms with E-state index in [-0.39, 0.29) is 5.82 Å². The second kappa shape index (κ2) is 2.34. The smallest absolute Gasteiger partial charge is 0.132 e. The van der Waals surface area contributed by atoms with Crippen LogP contribution in [0.1, 0.15) is 5.56 Å². The highest BCUT2D eigenvalue weighted by atomic mass is 19.1. The minimum absolute atomic E-state index is 0.134. The lowest BCUT2D eigenvalue weighted by Gasteiger charge is -1.95. The monoisotopic (exact) mass is 163 g/mol. The van der Waals surface area contributed by atoms with Crippen LogP contribution >= 0.6 is 0 Å². The molecule has 0 radical (unpaired) electrons. The van der Waals surface area contributed by atoms with Crippen molar-refractivity contribution < 1.29 is 4.39 Å². The highest BCUT2D eigenvalue weighted by Crippen LogP contribution is 2.22. The van der Waals surface area contributed by atoms with Crippen LogP contribution in [0.15, 0.2) is 24.4 Å². The third-order valence-electron chi connectivity index (χ3n) is 2.15. The Bertz CT molecular complexity index is 429. The summed E-state index contributed by atoms with van der Waals surface area (Å²) in [6, 6.07) is 5.15. The molecule has 0 amide bonds. The van der Waals surface area contributed by atoms with Gasteiger partial charge >= 0.3 is 0 Å². The summed E-state index contributed by atoms with van der Waals surface area (Å²) in [6.45, 7) is 1.92. The summed E-state index contributed by atoms with van der Waals surface area (Å²) in [5, 5.41) is 0.736. The van der Waals surface area contributed by atoms with Crippen LogP contribution in [0.3, 0.4) is 0 Å². The number of nitrogens with zero attached hydrogens (tertiary/aromatic N) is 1. The van der Waals surface area contributed by atoms with E-state index in [1.54, 1.807) is 6.07 Å². The molecule has 12 heavy (non-hydrogen) atoms. The number of halogens is 1. The molecule has 0 saturated heterocycles. The molecule has 0 unspecified atom stereocenters. The van der Waals surface area contributed by atoms with E-state index in [0.717, 1.165) is 16.5 Å². The van der Waals surface area contributed by atoms with Gasteiger partial charge in [0.1, 0.15) is 5.82 Å². The van der Waals surface area contributed by atoms with Crippen molar-refractivity contribution in [1.82, 2.24) is 4.57 Å². The number of hydrogen-bond acceptors (Lipinski definition) is 0. The Morgan fingerprint density at radius 1 is 1.33 bits per heavy atom. The highest BCUT2D eigenvalue weighted by molar-refractivity contribution is 5.84. The van der Waals surface area contributed by atoms with Crippen molar-refractivity contribution in [2.45, 2.75) is 6.92 Å². The fraction of sp³-hybridized carbons (Fsp3) is 0.200. The highest BCUT2D eigenvalue weighted by Gasteiger charge is 2.06. The summed E-state index contributed by atoms with van der Waals surface area (Å²) in [5.41, 5.74) is 1.94. The normalized spacial score (nSPS) is 10.9. The van der Waals surface area contributed by atoms with E-state index in [2.05, 4.69) is 0 Å². The molecule has 0 aliphatic rings. The predicted octanol–water partition coefficient (Wildman–Crippen LogP) is 2.63. The van der Waals surface area contributed by atoms with Gasteiger partial charge in [0, 0.05) is 18.6 Å². The van der Waals surface area contributed by atoms with Gasteiger partial charge in [0.05, 0.1) is 5.52 Å². The Labute approximate surface area is 70.4 Å². The summed E-state index contributed by atoms with van der Waals surface area (Å²) in [7, 11) is 1.93. The van der Waals surface area contributed by atoms with Crippen molar-refractivity contribution in [3.63, 3.8) is 0 Å². The molecule has 1 heterocycles. The predicted molar refractivity (Wildman–Crippen MR) is 47.6 cm³/mol. The van der Waals surface area contributed by atoms with Crippen LogP contribution in [-0.4, -0.2) is 4.57 Å². The maximum atomic E-state index is 13.2. The first-order valence-corrected chi connectivity index (χ1v) is 3.90. The topological polar surface area (TPSA) is 4.93 Å². The molecule has 0 saturated carbocycles. The Balaban J connectivity index is 2.99. The Morgan fingerprint density at radius 3 is 2.75 bits per heavy atom. The number of rotatable bonds is 0. The lowest BCUT2D eigenvalue weighted by Crippen LogP contribution is -1.83. The molecular weight excluding hydrogens is 153 g/mol. The molecule has 1 aromatic heterocycles. The van der Waals surface area contributed by atoms with E-state index in [1.165, 1.54) is 6.07 Å². The lowest BCUT2D eigenvalue weighted by molar-refractivity contribution is 0.639. The van der Waals surface area contributed by atoms with E-state index in [0.29, 0.717) is 0 Å². The first-order chi connectivity index (χ1) is 5.70. The van der Waals surface area contributed by atoms with Gasteiger partial charge in [-0.2, -0.15) is 0 Å². The van der Waals surface area contributed by atoms with Gasteiger partial charge in [-0.25, -0.2) is 4.39 Å². The van der Waals surface area contributed by atoms with Gasteiger partial charge in [0.2, 0.25) is 0 Å². The molecule has 2 rings (SSSR count). The van der Waals surface area contributed by atoms with Crippen LogP contribution < -0.4 is 0 Å². The zero-order chi connectivity index (χ0) is 8.72. The van der Waals surface area contributed by atoms with E-state index in [4.69, 9.17) is 0 Å². The van der Waals surface area contributed by atoms with Crippen LogP contribution in [0.5, 0.6) is 0 Å². The van der Waals surface area contributed by atoms with Crippen LogP contribution in [0.2, 0.25) is 0 Å². The third kappa shape index (κ3) is 0.843. The average Bonchev–Trinajstić information content (AvgIpc) is 2.29. The van der Waals surface area contributed by atoms with Gasteiger partial charge in [-0.15, -0.1) is 0 Å². The third-order valence-corrected chi connectivity index (χ3v) is 2.15. The van der Waals surface area contributed by atoms with Crippen molar-refractivity contribution in [1.29, 1.82) is 0 Å². The molecule has 0 atom stereocenters. The fourth-order valence-electron chi connectivity index (χ4n) is 1.62.